The van der Waals surface area contributed by atoms with Crippen LogP contribution in [0.2, 0.25) is 0 Å². The number of nitrogens with zero attached hydrogens (tertiary/aromatic N) is 5. The second-order valence-corrected chi connectivity index (χ2v) is 9.76. The number of alkyl halides is 3. The third-order valence-electron chi connectivity index (χ3n) is 6.12. The van der Waals surface area contributed by atoms with Gasteiger partial charge in [0.25, 0.3) is 10.0 Å². The van der Waals surface area contributed by atoms with Crippen LogP contribution in [-0.2, 0) is 22.1 Å². The van der Waals surface area contributed by atoms with E-state index in [2.05, 4.69) is 25.3 Å². The fourth-order valence-electron chi connectivity index (χ4n) is 4.81. The Balaban J connectivity index is 1.57. The molecule has 9 nitrogen and oxygen atoms in total. The van der Waals surface area contributed by atoms with Crippen molar-refractivity contribution in [1.29, 1.82) is 0 Å². The number of aliphatic imine (C=N–C) groups is 1. The Kier molecular flexibility index (Phi) is 4.94. The Hall–Kier alpha value is -3.06. The van der Waals surface area contributed by atoms with E-state index in [1.807, 2.05) is 0 Å². The molecule has 1 aliphatic heterocycles. The van der Waals surface area contributed by atoms with E-state index >= 15 is 0 Å². The number of fused-ring (bicyclic) bond motifs is 4. The first-order chi connectivity index (χ1) is 15.6. The molecule has 5 rings (SSSR count). The van der Waals surface area contributed by atoms with Gasteiger partial charge in [-0.05, 0) is 31.0 Å². The SMILES string of the molecule is NS(=O)(=O)c1ccc(Nc2ncc3cc4n(c3n2)C2(CCCCC2)C(C(F)(F)F)=NC4)cn1. The van der Waals surface area contributed by atoms with Crippen LogP contribution in [0.5, 0.6) is 0 Å². The number of halogens is 3. The number of hydrogen-bond donors (Lipinski definition) is 2. The monoisotopic (exact) mass is 479 g/mol. The normalized spacial score (nSPS) is 18.2. The number of primary sulfonamides is 1. The van der Waals surface area contributed by atoms with Crippen molar-refractivity contribution in [3.8, 4) is 0 Å². The maximum atomic E-state index is 14.0. The van der Waals surface area contributed by atoms with Crippen LogP contribution in [0.3, 0.4) is 0 Å². The quantitative estimate of drug-likeness (QED) is 0.593. The van der Waals surface area contributed by atoms with E-state index in [0.29, 0.717) is 48.1 Å². The van der Waals surface area contributed by atoms with Crippen LogP contribution in [0.15, 0.2) is 40.6 Å². The molecule has 0 aromatic carbocycles. The van der Waals surface area contributed by atoms with Crippen LogP contribution >= 0.6 is 0 Å². The van der Waals surface area contributed by atoms with E-state index in [0.717, 1.165) is 6.42 Å². The molecule has 0 bridgehead atoms. The molecule has 4 heterocycles. The fourth-order valence-corrected chi connectivity index (χ4v) is 5.27. The van der Waals surface area contributed by atoms with Crippen LogP contribution < -0.4 is 10.5 Å². The smallest absolute Gasteiger partial charge is 0.323 e. The number of anilines is 2. The van der Waals surface area contributed by atoms with E-state index in [-0.39, 0.29) is 17.5 Å². The van der Waals surface area contributed by atoms with Gasteiger partial charge in [0, 0.05) is 17.3 Å². The van der Waals surface area contributed by atoms with E-state index in [4.69, 9.17) is 5.14 Å². The zero-order valence-electron chi connectivity index (χ0n) is 17.3. The molecule has 33 heavy (non-hydrogen) atoms. The number of pyridine rings is 1. The Morgan fingerprint density at radius 2 is 1.85 bits per heavy atom. The summed E-state index contributed by atoms with van der Waals surface area (Å²) in [5.41, 5.74) is -0.552. The third-order valence-corrected chi connectivity index (χ3v) is 6.94. The summed E-state index contributed by atoms with van der Waals surface area (Å²) < 4.78 is 66.5. The first kappa shape index (κ1) is 21.8. The standard InChI is InChI=1S/C20H20F3N7O2S/c21-20(22,23)17-19(6-2-1-3-7-19)30-14(11-26-17)8-12-9-27-18(29-16(12)30)28-13-4-5-15(25-10-13)33(24,31)32/h4-5,8-10H,1-3,6-7,11H2,(H2,24,31,32)(H,27,28,29). The van der Waals surface area contributed by atoms with Crippen molar-refractivity contribution < 1.29 is 21.6 Å². The van der Waals surface area contributed by atoms with Crippen LogP contribution in [0, 0.1) is 0 Å². The van der Waals surface area contributed by atoms with Gasteiger partial charge in [0.15, 0.2) is 5.03 Å². The van der Waals surface area contributed by atoms with E-state index in [9.17, 15) is 21.6 Å². The number of sulfonamides is 1. The lowest BCUT2D eigenvalue weighted by atomic mass is 9.76. The summed E-state index contributed by atoms with van der Waals surface area (Å²) in [5.74, 6) is 0.149. The maximum absolute atomic E-state index is 14.0. The zero-order valence-corrected chi connectivity index (χ0v) is 18.1. The lowest BCUT2D eigenvalue weighted by Gasteiger charge is -2.43. The summed E-state index contributed by atoms with van der Waals surface area (Å²) in [6.07, 6.45) is 1.19. The molecular weight excluding hydrogens is 459 g/mol. The van der Waals surface area contributed by atoms with Crippen LogP contribution in [-0.4, -0.2) is 39.8 Å². The molecule has 0 atom stereocenters. The van der Waals surface area contributed by atoms with Crippen molar-refractivity contribution in [1.82, 2.24) is 19.5 Å². The topological polar surface area (TPSA) is 128 Å². The Labute approximate surface area is 187 Å². The second-order valence-electron chi connectivity index (χ2n) is 8.25. The summed E-state index contributed by atoms with van der Waals surface area (Å²) >= 11 is 0. The molecule has 3 N–H and O–H groups in total. The summed E-state index contributed by atoms with van der Waals surface area (Å²) in [7, 11) is -3.93. The van der Waals surface area contributed by atoms with Gasteiger partial charge in [0.2, 0.25) is 5.95 Å². The van der Waals surface area contributed by atoms with Crippen LogP contribution in [0.25, 0.3) is 11.0 Å². The van der Waals surface area contributed by atoms with Crippen LogP contribution in [0.1, 0.15) is 37.8 Å². The lowest BCUT2D eigenvalue weighted by Crippen LogP contribution is -2.52. The van der Waals surface area contributed by atoms with E-state index in [1.165, 1.54) is 18.3 Å². The molecule has 0 saturated heterocycles. The van der Waals surface area contributed by atoms with Gasteiger partial charge < -0.3 is 9.88 Å². The van der Waals surface area contributed by atoms with Gasteiger partial charge in [0.05, 0.1) is 24.0 Å². The van der Waals surface area contributed by atoms with Gasteiger partial charge >= 0.3 is 6.18 Å². The number of rotatable bonds is 3. The van der Waals surface area contributed by atoms with Gasteiger partial charge in [-0.3, -0.25) is 4.99 Å². The molecule has 0 radical (unpaired) electrons. The fraction of sp³-hybridized carbons (Fsp3) is 0.400. The minimum Gasteiger partial charge on any atom is -0.323 e. The highest BCUT2D eigenvalue weighted by atomic mass is 32.2. The summed E-state index contributed by atoms with van der Waals surface area (Å²) in [6, 6.07) is 4.47. The minimum atomic E-state index is -4.53. The molecular formula is C20H20F3N7O2S. The third kappa shape index (κ3) is 3.74. The van der Waals surface area contributed by atoms with Gasteiger partial charge in [0.1, 0.15) is 11.4 Å². The van der Waals surface area contributed by atoms with E-state index < -0.39 is 27.5 Å². The average molecular weight is 479 g/mol. The number of nitrogens with two attached hydrogens (primary N) is 1. The van der Waals surface area contributed by atoms with Crippen molar-refractivity contribution >= 4 is 38.4 Å². The lowest BCUT2D eigenvalue weighted by molar-refractivity contribution is -0.0688. The Bertz CT molecular complexity index is 1360. The molecule has 1 spiro atoms. The first-order valence-electron chi connectivity index (χ1n) is 10.3. The molecule has 3 aromatic heterocycles. The molecule has 0 amide bonds. The van der Waals surface area contributed by atoms with Gasteiger partial charge in [-0.2, -0.15) is 18.2 Å². The highest BCUT2D eigenvalue weighted by Gasteiger charge is 2.54. The van der Waals surface area contributed by atoms with Crippen molar-refractivity contribution in [3.05, 3.63) is 36.3 Å². The Morgan fingerprint density at radius 1 is 1.09 bits per heavy atom. The summed E-state index contributed by atoms with van der Waals surface area (Å²) in [4.78, 5) is 16.5. The van der Waals surface area contributed by atoms with Crippen molar-refractivity contribution in [3.63, 3.8) is 0 Å². The van der Waals surface area contributed by atoms with Gasteiger partial charge in [-0.25, -0.2) is 23.5 Å². The highest BCUT2D eigenvalue weighted by Crippen LogP contribution is 2.46. The molecule has 1 saturated carbocycles. The van der Waals surface area contributed by atoms with Gasteiger partial charge in [-0.15, -0.1) is 0 Å². The predicted molar refractivity (Wildman–Crippen MR) is 115 cm³/mol. The Morgan fingerprint density at radius 3 is 2.48 bits per heavy atom. The van der Waals surface area contributed by atoms with Crippen molar-refractivity contribution in [2.24, 2.45) is 10.1 Å². The molecule has 174 valence electrons. The average Bonchev–Trinajstić information content (AvgIpc) is 3.12. The molecule has 3 aromatic rings. The van der Waals surface area contributed by atoms with E-state index in [1.54, 1.807) is 16.8 Å². The van der Waals surface area contributed by atoms with Crippen LogP contribution in [0.4, 0.5) is 24.8 Å². The summed E-state index contributed by atoms with van der Waals surface area (Å²) in [6.45, 7) is -0.0747. The maximum Gasteiger partial charge on any atom is 0.431 e. The largest absolute Gasteiger partial charge is 0.431 e. The predicted octanol–water partition coefficient (Wildman–Crippen LogP) is 3.39. The second kappa shape index (κ2) is 7.48. The molecule has 13 heteroatoms. The van der Waals surface area contributed by atoms with Crippen molar-refractivity contribution in [2.75, 3.05) is 5.32 Å². The summed E-state index contributed by atoms with van der Waals surface area (Å²) in [5, 5.41) is 8.31. The first-order valence-corrected chi connectivity index (χ1v) is 11.9. The van der Waals surface area contributed by atoms with Gasteiger partial charge in [-0.1, -0.05) is 19.3 Å². The number of nitrogens with one attached hydrogen (secondary N) is 1. The number of hydrogen-bond acceptors (Lipinski definition) is 7. The minimum absolute atomic E-state index is 0.0747. The molecule has 1 aliphatic carbocycles. The molecule has 1 fully saturated rings. The van der Waals surface area contributed by atoms with Crippen molar-refractivity contribution in [2.45, 2.75) is 55.4 Å². The molecule has 0 unspecified atom stereocenters. The zero-order chi connectivity index (χ0) is 23.4. The molecule has 2 aliphatic rings. The number of aromatic nitrogens is 4. The highest BCUT2D eigenvalue weighted by molar-refractivity contribution is 7.89.